The second-order valence-corrected chi connectivity index (χ2v) is 5.93. The van der Waals surface area contributed by atoms with Gasteiger partial charge in [-0.15, -0.1) is 0 Å². The summed E-state index contributed by atoms with van der Waals surface area (Å²) in [6.45, 7) is 5.72. The topological polar surface area (TPSA) is 88.4 Å². The number of carboxylic acid groups (broad SMARTS) is 1. The first-order valence-corrected chi connectivity index (χ1v) is 7.62. The van der Waals surface area contributed by atoms with E-state index < -0.39 is 11.5 Å². The maximum Gasteiger partial charge on any atom is 0.337 e. The monoisotopic (exact) mass is 328 g/mol. The third kappa shape index (κ3) is 3.90. The molecule has 0 saturated carbocycles. The third-order valence-electron chi connectivity index (χ3n) is 3.74. The van der Waals surface area contributed by atoms with Crippen LogP contribution in [0.5, 0.6) is 0 Å². The van der Waals surface area contributed by atoms with Crippen molar-refractivity contribution in [1.82, 2.24) is 4.57 Å². The second-order valence-electron chi connectivity index (χ2n) is 5.93. The van der Waals surface area contributed by atoms with Gasteiger partial charge in [0, 0.05) is 18.0 Å². The quantitative estimate of drug-likeness (QED) is 0.883. The van der Waals surface area contributed by atoms with Crippen LogP contribution in [0.3, 0.4) is 0 Å². The lowest BCUT2D eigenvalue weighted by Crippen LogP contribution is -2.28. The molecule has 0 spiro atoms. The van der Waals surface area contributed by atoms with Gasteiger partial charge in [0.15, 0.2) is 0 Å². The number of anilines is 1. The fourth-order valence-electron chi connectivity index (χ4n) is 2.46. The molecule has 6 nitrogen and oxygen atoms in total. The molecule has 6 heteroatoms. The Morgan fingerprint density at radius 3 is 2.54 bits per heavy atom. The summed E-state index contributed by atoms with van der Waals surface area (Å²) in [4.78, 5) is 35.1. The molecule has 1 heterocycles. The van der Waals surface area contributed by atoms with Crippen molar-refractivity contribution in [1.29, 1.82) is 0 Å². The number of aromatic nitrogens is 1. The SMILES string of the molecule is Cc1cccc(C(C)C)c1NC(=O)Cn1cc(C(=O)O)ccc1=O. The zero-order valence-corrected chi connectivity index (χ0v) is 13.9. The molecular formula is C18H20N2O4. The van der Waals surface area contributed by atoms with Gasteiger partial charge in [-0.3, -0.25) is 9.59 Å². The number of nitrogens with zero attached hydrogens (tertiary/aromatic N) is 1. The van der Waals surface area contributed by atoms with E-state index in [4.69, 9.17) is 5.11 Å². The minimum Gasteiger partial charge on any atom is -0.478 e. The summed E-state index contributed by atoms with van der Waals surface area (Å²) in [6.07, 6.45) is 1.17. The van der Waals surface area contributed by atoms with Crippen molar-refractivity contribution in [3.05, 3.63) is 63.6 Å². The summed E-state index contributed by atoms with van der Waals surface area (Å²) in [6, 6.07) is 8.14. The van der Waals surface area contributed by atoms with E-state index >= 15 is 0 Å². The average Bonchev–Trinajstić information content (AvgIpc) is 2.51. The van der Waals surface area contributed by atoms with Crippen molar-refractivity contribution in [2.45, 2.75) is 33.2 Å². The van der Waals surface area contributed by atoms with Gasteiger partial charge in [0.2, 0.25) is 5.91 Å². The highest BCUT2D eigenvalue weighted by molar-refractivity contribution is 5.92. The Hall–Kier alpha value is -2.89. The fourth-order valence-corrected chi connectivity index (χ4v) is 2.46. The van der Waals surface area contributed by atoms with Crippen molar-refractivity contribution in [2.75, 3.05) is 5.32 Å². The number of amides is 1. The number of aryl methyl sites for hydroxylation is 1. The fraction of sp³-hybridized carbons (Fsp3) is 0.278. The molecule has 2 N–H and O–H groups in total. The highest BCUT2D eigenvalue weighted by atomic mass is 16.4. The van der Waals surface area contributed by atoms with Gasteiger partial charge in [-0.05, 0) is 30.0 Å². The summed E-state index contributed by atoms with van der Waals surface area (Å²) in [5.74, 6) is -1.29. The molecule has 24 heavy (non-hydrogen) atoms. The van der Waals surface area contributed by atoms with E-state index in [0.29, 0.717) is 0 Å². The van der Waals surface area contributed by atoms with E-state index in [2.05, 4.69) is 5.32 Å². The lowest BCUT2D eigenvalue weighted by Gasteiger charge is -2.16. The molecule has 1 amide bonds. The number of carbonyl (C=O) groups excluding carboxylic acids is 1. The molecule has 0 unspecified atom stereocenters. The van der Waals surface area contributed by atoms with Crippen LogP contribution in [0.2, 0.25) is 0 Å². The predicted octanol–water partition coefficient (Wildman–Crippen LogP) is 2.62. The van der Waals surface area contributed by atoms with Crippen molar-refractivity contribution in [3.8, 4) is 0 Å². The van der Waals surface area contributed by atoms with Gasteiger partial charge in [0.05, 0.1) is 5.56 Å². The lowest BCUT2D eigenvalue weighted by molar-refractivity contribution is -0.116. The highest BCUT2D eigenvalue weighted by Crippen LogP contribution is 2.27. The number of carbonyl (C=O) groups is 2. The molecule has 0 aliphatic rings. The number of hydrogen-bond acceptors (Lipinski definition) is 3. The molecular weight excluding hydrogens is 308 g/mol. The van der Waals surface area contributed by atoms with Crippen LogP contribution in [-0.4, -0.2) is 21.6 Å². The smallest absolute Gasteiger partial charge is 0.337 e. The first-order chi connectivity index (χ1) is 11.3. The van der Waals surface area contributed by atoms with Crippen LogP contribution in [0.15, 0.2) is 41.3 Å². The van der Waals surface area contributed by atoms with Gasteiger partial charge >= 0.3 is 5.97 Å². The van der Waals surface area contributed by atoms with E-state index in [9.17, 15) is 14.4 Å². The molecule has 0 aliphatic carbocycles. The number of benzene rings is 1. The largest absolute Gasteiger partial charge is 0.478 e. The Balaban J connectivity index is 2.25. The molecule has 2 rings (SSSR count). The first kappa shape index (κ1) is 17.5. The molecule has 126 valence electrons. The third-order valence-corrected chi connectivity index (χ3v) is 3.74. The number of nitrogens with one attached hydrogen (secondary N) is 1. The Morgan fingerprint density at radius 2 is 1.92 bits per heavy atom. The maximum atomic E-state index is 12.3. The normalized spacial score (nSPS) is 10.7. The van der Waals surface area contributed by atoms with E-state index in [-0.39, 0.29) is 23.9 Å². The Morgan fingerprint density at radius 1 is 1.21 bits per heavy atom. The maximum absolute atomic E-state index is 12.3. The van der Waals surface area contributed by atoms with Crippen LogP contribution in [0.25, 0.3) is 0 Å². The summed E-state index contributed by atoms with van der Waals surface area (Å²) >= 11 is 0. The molecule has 0 atom stereocenters. The zero-order chi connectivity index (χ0) is 17.9. The number of aromatic carboxylic acids is 1. The number of hydrogen-bond donors (Lipinski definition) is 2. The van der Waals surface area contributed by atoms with Gasteiger partial charge in [-0.1, -0.05) is 32.0 Å². The second kappa shape index (κ2) is 7.12. The Kier molecular flexibility index (Phi) is 5.18. The Labute approximate surface area is 139 Å². The average molecular weight is 328 g/mol. The van der Waals surface area contributed by atoms with Gasteiger partial charge in [-0.25, -0.2) is 4.79 Å². The number of carboxylic acids is 1. The van der Waals surface area contributed by atoms with Gasteiger partial charge in [0.1, 0.15) is 6.54 Å². The van der Waals surface area contributed by atoms with Crippen LogP contribution < -0.4 is 10.9 Å². The number of pyridine rings is 1. The van der Waals surface area contributed by atoms with Crippen LogP contribution in [-0.2, 0) is 11.3 Å². The molecule has 0 radical (unpaired) electrons. The minimum atomic E-state index is -1.15. The summed E-state index contributed by atoms with van der Waals surface area (Å²) in [5.41, 5.74) is 2.21. The van der Waals surface area contributed by atoms with E-state index in [1.54, 1.807) is 0 Å². The van der Waals surface area contributed by atoms with E-state index in [1.807, 2.05) is 39.0 Å². The van der Waals surface area contributed by atoms with Crippen molar-refractivity contribution < 1.29 is 14.7 Å². The van der Waals surface area contributed by atoms with Crippen molar-refractivity contribution in [3.63, 3.8) is 0 Å². The summed E-state index contributed by atoms with van der Waals surface area (Å²) < 4.78 is 1.09. The van der Waals surface area contributed by atoms with E-state index in [1.165, 1.54) is 12.3 Å². The van der Waals surface area contributed by atoms with E-state index in [0.717, 1.165) is 27.4 Å². The molecule has 1 aromatic carbocycles. The number of rotatable bonds is 5. The van der Waals surface area contributed by atoms with Gasteiger partial charge in [0.25, 0.3) is 5.56 Å². The van der Waals surface area contributed by atoms with Gasteiger partial charge < -0.3 is 15.0 Å². The van der Waals surface area contributed by atoms with Crippen molar-refractivity contribution >= 4 is 17.6 Å². The Bertz CT molecular complexity index is 837. The molecule has 0 saturated heterocycles. The van der Waals surface area contributed by atoms with Crippen molar-refractivity contribution in [2.24, 2.45) is 0 Å². The van der Waals surface area contributed by atoms with Crippen LogP contribution in [0.4, 0.5) is 5.69 Å². The summed E-state index contributed by atoms with van der Waals surface area (Å²) in [5, 5.41) is 11.8. The zero-order valence-electron chi connectivity index (χ0n) is 13.9. The molecule has 0 aliphatic heterocycles. The van der Waals surface area contributed by atoms with Crippen LogP contribution >= 0.6 is 0 Å². The summed E-state index contributed by atoms with van der Waals surface area (Å²) in [7, 11) is 0. The molecule has 1 aromatic heterocycles. The molecule has 2 aromatic rings. The molecule has 0 fully saturated rings. The van der Waals surface area contributed by atoms with Gasteiger partial charge in [-0.2, -0.15) is 0 Å². The predicted molar refractivity (Wildman–Crippen MR) is 91.6 cm³/mol. The van der Waals surface area contributed by atoms with Crippen LogP contribution in [0, 0.1) is 6.92 Å². The number of para-hydroxylation sites is 1. The highest BCUT2D eigenvalue weighted by Gasteiger charge is 2.13. The first-order valence-electron chi connectivity index (χ1n) is 7.62. The standard InChI is InChI=1S/C18H20N2O4/c1-11(2)14-6-4-5-12(3)17(14)19-15(21)10-20-9-13(18(23)24)7-8-16(20)22/h4-9,11H,10H2,1-3H3,(H,19,21)(H,23,24). The minimum absolute atomic E-state index is 0.0406. The lowest BCUT2D eigenvalue weighted by atomic mass is 9.98. The van der Waals surface area contributed by atoms with Crippen LogP contribution in [0.1, 0.15) is 41.3 Å². The molecule has 0 bridgehead atoms.